The topological polar surface area (TPSA) is 50.1 Å². The molecule has 0 unspecified atom stereocenters. The summed E-state index contributed by atoms with van der Waals surface area (Å²) in [5, 5.41) is 2.93. The van der Waals surface area contributed by atoms with Crippen molar-refractivity contribution < 1.29 is 0 Å². The predicted octanol–water partition coefficient (Wildman–Crippen LogP) is -0.470. The molecule has 4 N–H and O–H groups in total. The smallest absolute Gasteiger partial charge is 0.0280 e. The third-order valence-corrected chi connectivity index (χ3v) is 0.502. The lowest BCUT2D eigenvalue weighted by Crippen LogP contribution is -2.15. The molecule has 0 saturated heterocycles. The van der Waals surface area contributed by atoms with Gasteiger partial charge in [-0.2, -0.15) is 0 Å². The maximum atomic E-state index is 4.89. The molecule has 0 bridgehead atoms. The maximum absolute atomic E-state index is 4.89. The first-order chi connectivity index (χ1) is 3.41. The molecule has 0 saturated carbocycles. The quantitative estimate of drug-likeness (QED) is 0.333. The predicted molar refractivity (Wildman–Crippen MR) is 30.1 cm³/mol. The summed E-state index contributed by atoms with van der Waals surface area (Å²) in [6.07, 6.45) is 3.38. The van der Waals surface area contributed by atoms with Crippen LogP contribution in [0.15, 0.2) is 12.4 Å². The fraction of sp³-hybridized carbons (Fsp3) is 0.500. The van der Waals surface area contributed by atoms with E-state index in [1.165, 1.54) is 0 Å². The van der Waals surface area contributed by atoms with E-state index in [1.54, 1.807) is 12.4 Å². The van der Waals surface area contributed by atoms with Crippen molar-refractivity contribution in [1.82, 2.24) is 10.7 Å². The molecule has 0 heterocycles. The molecule has 0 aliphatic carbocycles. The van der Waals surface area contributed by atoms with Gasteiger partial charge >= 0.3 is 0 Å². The van der Waals surface area contributed by atoms with Gasteiger partial charge < -0.3 is 10.7 Å². The number of hydrogen-bond donors (Lipinski definition) is 3. The fourth-order valence-electron chi connectivity index (χ4n) is 0.225. The summed E-state index contributed by atoms with van der Waals surface area (Å²) in [6, 6.07) is 0. The molecule has 0 aliphatic rings. The number of nitrogens with one attached hydrogen (secondary N) is 2. The van der Waals surface area contributed by atoms with Crippen LogP contribution in [0.3, 0.4) is 0 Å². The highest BCUT2D eigenvalue weighted by Crippen LogP contribution is 1.54. The van der Waals surface area contributed by atoms with Gasteiger partial charge in [-0.15, -0.1) is 0 Å². The van der Waals surface area contributed by atoms with Crippen LogP contribution >= 0.6 is 0 Å². The first kappa shape index (κ1) is 6.30. The summed E-state index contributed by atoms with van der Waals surface area (Å²) in [7, 11) is 0. The molecule has 0 aliphatic heterocycles. The number of hydrogen-bond acceptors (Lipinski definition) is 3. The van der Waals surface area contributed by atoms with Crippen LogP contribution in [0, 0.1) is 0 Å². The number of hydrazine groups is 1. The Hall–Kier alpha value is -0.700. The Morgan fingerprint density at radius 2 is 2.29 bits per heavy atom. The van der Waals surface area contributed by atoms with Crippen molar-refractivity contribution in [2.24, 2.45) is 5.84 Å². The van der Waals surface area contributed by atoms with E-state index in [2.05, 4.69) is 10.7 Å². The summed E-state index contributed by atoms with van der Waals surface area (Å²) in [5.41, 5.74) is 2.36. The molecule has 0 aromatic heterocycles. The lowest BCUT2D eigenvalue weighted by Gasteiger charge is -1.89. The van der Waals surface area contributed by atoms with Crippen LogP contribution in [-0.2, 0) is 0 Å². The van der Waals surface area contributed by atoms with Gasteiger partial charge in [-0.1, -0.05) is 0 Å². The van der Waals surface area contributed by atoms with Crippen molar-refractivity contribution in [3.05, 3.63) is 12.4 Å². The molecule has 0 aromatic rings. The molecule has 7 heavy (non-hydrogen) atoms. The Kier molecular flexibility index (Phi) is 4.77. The fourth-order valence-corrected chi connectivity index (χ4v) is 0.225. The average molecular weight is 101 g/mol. The van der Waals surface area contributed by atoms with Crippen LogP contribution in [-0.4, -0.2) is 6.54 Å². The molecule has 3 nitrogen and oxygen atoms in total. The minimum atomic E-state index is 0.929. The third-order valence-electron chi connectivity index (χ3n) is 0.502. The Morgan fingerprint density at radius 1 is 1.57 bits per heavy atom. The van der Waals surface area contributed by atoms with Crippen molar-refractivity contribution in [2.45, 2.75) is 6.92 Å². The van der Waals surface area contributed by atoms with Crippen LogP contribution in [0.5, 0.6) is 0 Å². The highest BCUT2D eigenvalue weighted by atomic mass is 15.2. The second-order valence-electron chi connectivity index (χ2n) is 1.06. The van der Waals surface area contributed by atoms with Crippen molar-refractivity contribution in [2.75, 3.05) is 6.54 Å². The van der Waals surface area contributed by atoms with Gasteiger partial charge in [-0.25, -0.2) is 0 Å². The zero-order chi connectivity index (χ0) is 5.54. The largest absolute Gasteiger partial charge is 0.390 e. The normalized spacial score (nSPS) is 9.43. The van der Waals surface area contributed by atoms with Gasteiger partial charge in [-0.05, 0) is 6.92 Å². The molecule has 0 aromatic carbocycles. The van der Waals surface area contributed by atoms with Crippen molar-refractivity contribution >= 4 is 0 Å². The second kappa shape index (κ2) is 5.30. The number of rotatable bonds is 3. The second-order valence-corrected chi connectivity index (χ2v) is 1.06. The minimum Gasteiger partial charge on any atom is -0.390 e. The average Bonchev–Trinajstić information content (AvgIpc) is 1.69. The van der Waals surface area contributed by atoms with Gasteiger partial charge in [0.05, 0.1) is 0 Å². The van der Waals surface area contributed by atoms with E-state index >= 15 is 0 Å². The molecule has 0 radical (unpaired) electrons. The Balaban J connectivity index is 2.78. The van der Waals surface area contributed by atoms with E-state index in [9.17, 15) is 0 Å². The van der Waals surface area contributed by atoms with E-state index in [1.807, 2.05) is 6.92 Å². The lowest BCUT2D eigenvalue weighted by atomic mass is 10.7. The summed E-state index contributed by atoms with van der Waals surface area (Å²) in [6.45, 7) is 2.94. The van der Waals surface area contributed by atoms with Gasteiger partial charge in [0.2, 0.25) is 0 Å². The van der Waals surface area contributed by atoms with E-state index in [0.29, 0.717) is 0 Å². The highest BCUT2D eigenvalue weighted by Gasteiger charge is 1.61. The lowest BCUT2D eigenvalue weighted by molar-refractivity contribution is 0.885. The Bertz CT molecular complexity index is 50.9. The monoisotopic (exact) mass is 101 g/mol. The first-order valence-electron chi connectivity index (χ1n) is 2.26. The summed E-state index contributed by atoms with van der Waals surface area (Å²) in [4.78, 5) is 0. The SMILES string of the molecule is CCN/C=C\NN. The van der Waals surface area contributed by atoms with E-state index in [4.69, 9.17) is 5.84 Å². The third kappa shape index (κ3) is 5.30. The summed E-state index contributed by atoms with van der Waals surface area (Å²) < 4.78 is 0. The molecular weight excluding hydrogens is 90.1 g/mol. The van der Waals surface area contributed by atoms with Crippen molar-refractivity contribution in [3.63, 3.8) is 0 Å². The van der Waals surface area contributed by atoms with E-state index in [-0.39, 0.29) is 0 Å². The van der Waals surface area contributed by atoms with Gasteiger partial charge in [-0.3, -0.25) is 5.84 Å². The number of nitrogens with two attached hydrogens (primary N) is 1. The van der Waals surface area contributed by atoms with Crippen molar-refractivity contribution in [3.8, 4) is 0 Å². The van der Waals surface area contributed by atoms with Crippen LogP contribution < -0.4 is 16.6 Å². The highest BCUT2D eigenvalue weighted by molar-refractivity contribution is 4.72. The molecule has 42 valence electrons. The van der Waals surface area contributed by atoms with Gasteiger partial charge in [0.1, 0.15) is 0 Å². The van der Waals surface area contributed by atoms with Crippen molar-refractivity contribution in [1.29, 1.82) is 0 Å². The summed E-state index contributed by atoms with van der Waals surface area (Å²) >= 11 is 0. The first-order valence-corrected chi connectivity index (χ1v) is 2.26. The van der Waals surface area contributed by atoms with E-state index in [0.717, 1.165) is 6.54 Å². The molecule has 0 atom stereocenters. The van der Waals surface area contributed by atoms with Crippen LogP contribution in [0.4, 0.5) is 0 Å². The molecular formula is C4H11N3. The van der Waals surface area contributed by atoms with Gasteiger partial charge in [0.25, 0.3) is 0 Å². The molecule has 0 rings (SSSR count). The molecule has 0 amide bonds. The Morgan fingerprint density at radius 3 is 2.71 bits per heavy atom. The van der Waals surface area contributed by atoms with Crippen LogP contribution in [0.25, 0.3) is 0 Å². The van der Waals surface area contributed by atoms with Gasteiger partial charge in [0.15, 0.2) is 0 Å². The standard InChI is InChI=1S/C4H11N3/c1-2-6-3-4-7-5/h3-4,6-7H,2,5H2,1H3/b4-3-. The summed E-state index contributed by atoms with van der Waals surface area (Å²) in [5.74, 6) is 4.89. The van der Waals surface area contributed by atoms with E-state index < -0.39 is 0 Å². The molecule has 0 spiro atoms. The van der Waals surface area contributed by atoms with Crippen LogP contribution in [0.1, 0.15) is 6.92 Å². The zero-order valence-corrected chi connectivity index (χ0v) is 4.44. The van der Waals surface area contributed by atoms with Crippen LogP contribution in [0.2, 0.25) is 0 Å². The molecule has 3 heteroatoms. The zero-order valence-electron chi connectivity index (χ0n) is 4.44. The van der Waals surface area contributed by atoms with Gasteiger partial charge in [0, 0.05) is 18.9 Å². The Labute approximate surface area is 43.6 Å². The maximum Gasteiger partial charge on any atom is 0.0280 e. The molecule has 0 fully saturated rings. The minimum absolute atomic E-state index is 0.929.